The van der Waals surface area contributed by atoms with E-state index < -0.39 is 0 Å². The number of H-pyrrole nitrogens is 1. The van der Waals surface area contributed by atoms with Crippen LogP contribution in [0, 0.1) is 6.92 Å². The second-order valence-corrected chi connectivity index (χ2v) is 7.38. The van der Waals surface area contributed by atoms with Crippen molar-refractivity contribution in [2.75, 3.05) is 25.1 Å². The van der Waals surface area contributed by atoms with Crippen molar-refractivity contribution < 1.29 is 9.53 Å². The van der Waals surface area contributed by atoms with Crippen molar-refractivity contribution in [1.29, 1.82) is 0 Å². The Balaban J connectivity index is 1.46. The van der Waals surface area contributed by atoms with Crippen molar-refractivity contribution >= 4 is 11.6 Å². The molecule has 150 valence electrons. The summed E-state index contributed by atoms with van der Waals surface area (Å²) < 4.78 is 5.21. The van der Waals surface area contributed by atoms with Gasteiger partial charge in [0.05, 0.1) is 19.0 Å². The SMILES string of the molecule is COc1ccc(-c2[nH]ncc2CNC(=O)c2ccc(C)c(N3CCCC3)c2)cc1. The van der Waals surface area contributed by atoms with Crippen LogP contribution in [0.25, 0.3) is 11.3 Å². The zero-order valence-corrected chi connectivity index (χ0v) is 16.9. The van der Waals surface area contributed by atoms with E-state index in [9.17, 15) is 4.79 Å². The molecule has 0 radical (unpaired) electrons. The maximum absolute atomic E-state index is 12.8. The van der Waals surface area contributed by atoms with Gasteiger partial charge < -0.3 is 15.0 Å². The van der Waals surface area contributed by atoms with Crippen molar-refractivity contribution in [3.05, 3.63) is 65.4 Å². The third-order valence-corrected chi connectivity index (χ3v) is 5.45. The molecule has 2 N–H and O–H groups in total. The molecule has 3 aromatic rings. The Hall–Kier alpha value is -3.28. The van der Waals surface area contributed by atoms with Crippen molar-refractivity contribution in [3.8, 4) is 17.0 Å². The smallest absolute Gasteiger partial charge is 0.251 e. The van der Waals surface area contributed by atoms with Gasteiger partial charge in [0.15, 0.2) is 0 Å². The fourth-order valence-electron chi connectivity index (χ4n) is 3.78. The lowest BCUT2D eigenvalue weighted by Crippen LogP contribution is -2.24. The van der Waals surface area contributed by atoms with Crippen LogP contribution in [-0.2, 0) is 6.54 Å². The van der Waals surface area contributed by atoms with Crippen LogP contribution in [0.1, 0.15) is 34.3 Å². The van der Waals surface area contributed by atoms with Crippen LogP contribution in [0.2, 0.25) is 0 Å². The molecular formula is C23H26N4O2. The number of carbonyl (C=O) groups excluding carboxylic acids is 1. The molecule has 1 amide bonds. The molecule has 0 atom stereocenters. The van der Waals surface area contributed by atoms with Gasteiger partial charge in [-0.3, -0.25) is 9.89 Å². The van der Waals surface area contributed by atoms with Crippen LogP contribution in [-0.4, -0.2) is 36.3 Å². The molecule has 6 nitrogen and oxygen atoms in total. The molecule has 0 spiro atoms. The van der Waals surface area contributed by atoms with Crippen molar-refractivity contribution in [1.82, 2.24) is 15.5 Å². The van der Waals surface area contributed by atoms with E-state index in [2.05, 4.69) is 27.3 Å². The number of rotatable bonds is 6. The molecule has 0 unspecified atom stereocenters. The van der Waals surface area contributed by atoms with Gasteiger partial charge in [0.1, 0.15) is 5.75 Å². The maximum atomic E-state index is 12.8. The molecule has 2 aromatic carbocycles. The van der Waals surface area contributed by atoms with Gasteiger partial charge in [0, 0.05) is 42.0 Å². The lowest BCUT2D eigenvalue weighted by molar-refractivity contribution is 0.0951. The van der Waals surface area contributed by atoms with Gasteiger partial charge in [-0.25, -0.2) is 0 Å². The van der Waals surface area contributed by atoms with Crippen LogP contribution in [0.15, 0.2) is 48.7 Å². The first-order chi connectivity index (χ1) is 14.2. The van der Waals surface area contributed by atoms with Crippen LogP contribution < -0.4 is 15.0 Å². The summed E-state index contributed by atoms with van der Waals surface area (Å²) in [5.74, 6) is 0.726. The number of nitrogens with zero attached hydrogens (tertiary/aromatic N) is 2. The molecule has 1 aliphatic heterocycles. The van der Waals surface area contributed by atoms with E-state index in [0.29, 0.717) is 12.1 Å². The Morgan fingerprint density at radius 1 is 1.17 bits per heavy atom. The van der Waals surface area contributed by atoms with E-state index in [1.807, 2.05) is 42.5 Å². The molecule has 29 heavy (non-hydrogen) atoms. The van der Waals surface area contributed by atoms with E-state index in [-0.39, 0.29) is 5.91 Å². The van der Waals surface area contributed by atoms with Gasteiger partial charge in [-0.1, -0.05) is 6.07 Å². The summed E-state index contributed by atoms with van der Waals surface area (Å²) in [5.41, 5.74) is 5.90. The summed E-state index contributed by atoms with van der Waals surface area (Å²) in [7, 11) is 1.65. The average Bonchev–Trinajstić information content (AvgIpc) is 3.44. The molecule has 0 aliphatic carbocycles. The highest BCUT2D eigenvalue weighted by Gasteiger charge is 2.17. The minimum Gasteiger partial charge on any atom is -0.497 e. The molecule has 6 heteroatoms. The zero-order chi connectivity index (χ0) is 20.2. The van der Waals surface area contributed by atoms with E-state index >= 15 is 0 Å². The summed E-state index contributed by atoms with van der Waals surface area (Å²) >= 11 is 0. The van der Waals surface area contributed by atoms with Gasteiger partial charge in [0.25, 0.3) is 5.91 Å². The number of benzene rings is 2. The quantitative estimate of drug-likeness (QED) is 0.669. The Bertz CT molecular complexity index is 988. The fourth-order valence-corrected chi connectivity index (χ4v) is 3.78. The fraction of sp³-hybridized carbons (Fsp3) is 0.304. The van der Waals surface area contributed by atoms with Gasteiger partial charge in [-0.2, -0.15) is 5.10 Å². The van der Waals surface area contributed by atoms with E-state index in [0.717, 1.165) is 41.3 Å². The first-order valence-electron chi connectivity index (χ1n) is 9.96. The van der Waals surface area contributed by atoms with Crippen molar-refractivity contribution in [3.63, 3.8) is 0 Å². The molecule has 2 heterocycles. The number of nitrogens with one attached hydrogen (secondary N) is 2. The first-order valence-corrected chi connectivity index (χ1v) is 9.96. The summed E-state index contributed by atoms with van der Waals surface area (Å²) in [6, 6.07) is 13.7. The van der Waals surface area contributed by atoms with Crippen molar-refractivity contribution in [2.45, 2.75) is 26.3 Å². The number of aromatic amines is 1. The third-order valence-electron chi connectivity index (χ3n) is 5.45. The van der Waals surface area contributed by atoms with Gasteiger partial charge >= 0.3 is 0 Å². The van der Waals surface area contributed by atoms with Gasteiger partial charge in [-0.05, 0) is 61.7 Å². The Kier molecular flexibility index (Phi) is 5.51. The van der Waals surface area contributed by atoms with E-state index in [4.69, 9.17) is 4.74 Å². The number of hydrogen-bond donors (Lipinski definition) is 2. The zero-order valence-electron chi connectivity index (χ0n) is 16.9. The van der Waals surface area contributed by atoms with Crippen molar-refractivity contribution in [2.24, 2.45) is 0 Å². The van der Waals surface area contributed by atoms with Crippen LogP contribution in [0.5, 0.6) is 5.75 Å². The predicted molar refractivity (Wildman–Crippen MR) is 114 cm³/mol. The number of carbonyl (C=O) groups is 1. The molecule has 1 saturated heterocycles. The average molecular weight is 390 g/mol. The Morgan fingerprint density at radius 3 is 2.66 bits per heavy atom. The normalized spacial score (nSPS) is 13.5. The summed E-state index contributed by atoms with van der Waals surface area (Å²) in [6.07, 6.45) is 4.18. The lowest BCUT2D eigenvalue weighted by Gasteiger charge is -2.21. The van der Waals surface area contributed by atoms with Crippen LogP contribution in [0.4, 0.5) is 5.69 Å². The number of anilines is 1. The minimum absolute atomic E-state index is 0.0765. The molecule has 0 bridgehead atoms. The number of ether oxygens (including phenoxy) is 1. The Labute approximate surface area is 170 Å². The molecule has 1 aromatic heterocycles. The first kappa shape index (κ1) is 19.1. The molecular weight excluding hydrogens is 364 g/mol. The third kappa shape index (κ3) is 4.11. The topological polar surface area (TPSA) is 70.2 Å². The molecule has 0 saturated carbocycles. The monoisotopic (exact) mass is 390 g/mol. The number of methoxy groups -OCH3 is 1. The number of hydrogen-bond acceptors (Lipinski definition) is 4. The largest absolute Gasteiger partial charge is 0.497 e. The number of amides is 1. The lowest BCUT2D eigenvalue weighted by atomic mass is 10.1. The minimum atomic E-state index is -0.0765. The summed E-state index contributed by atoms with van der Waals surface area (Å²) in [5, 5.41) is 10.2. The second kappa shape index (κ2) is 8.39. The highest BCUT2D eigenvalue weighted by atomic mass is 16.5. The standard InChI is InChI=1S/C23H26N4O2/c1-16-5-6-18(13-21(16)27-11-3-4-12-27)23(28)24-14-19-15-25-26-22(19)17-7-9-20(29-2)10-8-17/h5-10,13,15H,3-4,11-12,14H2,1-2H3,(H,24,28)(H,25,26). The van der Waals surface area contributed by atoms with E-state index in [1.54, 1.807) is 13.3 Å². The molecule has 4 rings (SSSR count). The van der Waals surface area contributed by atoms with Crippen LogP contribution in [0.3, 0.4) is 0 Å². The van der Waals surface area contributed by atoms with Gasteiger partial charge in [-0.15, -0.1) is 0 Å². The summed E-state index contributed by atoms with van der Waals surface area (Å²) in [6.45, 7) is 4.63. The molecule has 1 aliphatic rings. The number of aryl methyl sites for hydroxylation is 1. The maximum Gasteiger partial charge on any atom is 0.251 e. The summed E-state index contributed by atoms with van der Waals surface area (Å²) in [4.78, 5) is 15.1. The predicted octanol–water partition coefficient (Wildman–Crippen LogP) is 3.92. The highest BCUT2D eigenvalue weighted by molar-refractivity contribution is 5.95. The highest BCUT2D eigenvalue weighted by Crippen LogP contribution is 2.26. The number of aromatic nitrogens is 2. The van der Waals surface area contributed by atoms with Crippen LogP contribution >= 0.6 is 0 Å². The van der Waals surface area contributed by atoms with E-state index in [1.165, 1.54) is 18.4 Å². The second-order valence-electron chi connectivity index (χ2n) is 7.38. The van der Waals surface area contributed by atoms with Gasteiger partial charge in [0.2, 0.25) is 0 Å². The molecule has 1 fully saturated rings. The Morgan fingerprint density at radius 2 is 1.93 bits per heavy atom.